The number of nitrogens with one attached hydrogen (secondary N) is 1. The molecule has 4 heteroatoms. The van der Waals surface area contributed by atoms with E-state index in [1.807, 2.05) is 36.4 Å². The lowest BCUT2D eigenvalue weighted by Crippen LogP contribution is -2.24. The summed E-state index contributed by atoms with van der Waals surface area (Å²) < 4.78 is 1.28. The van der Waals surface area contributed by atoms with Gasteiger partial charge in [0.25, 0.3) is 0 Å². The quantitative estimate of drug-likeness (QED) is 0.763. The van der Waals surface area contributed by atoms with E-state index in [0.717, 1.165) is 11.3 Å². The zero-order valence-electron chi connectivity index (χ0n) is 8.34. The van der Waals surface area contributed by atoms with Crippen LogP contribution in [-0.4, -0.2) is 22.9 Å². The van der Waals surface area contributed by atoms with Gasteiger partial charge in [-0.25, -0.2) is 4.79 Å². The summed E-state index contributed by atoms with van der Waals surface area (Å²) >= 11 is 0. The summed E-state index contributed by atoms with van der Waals surface area (Å²) in [5.41, 5.74) is 1.79. The molecule has 0 saturated heterocycles. The first-order valence-corrected chi connectivity index (χ1v) is 4.64. The van der Waals surface area contributed by atoms with E-state index >= 15 is 0 Å². The minimum absolute atomic E-state index is 0.239. The zero-order chi connectivity index (χ0) is 10.7. The molecule has 0 spiro atoms. The lowest BCUT2D eigenvalue weighted by molar-refractivity contribution is 0.241. The summed E-state index contributed by atoms with van der Waals surface area (Å²) in [4.78, 5) is 11.2. The SMILES string of the molecule is CNC(=O)n1ccc(-c2ccccc2)n1. The number of hydrogen-bond donors (Lipinski definition) is 1. The van der Waals surface area contributed by atoms with Crippen molar-refractivity contribution in [1.29, 1.82) is 0 Å². The fourth-order valence-corrected chi connectivity index (χ4v) is 1.31. The number of carbonyl (C=O) groups excluding carboxylic acids is 1. The number of nitrogens with zero attached hydrogens (tertiary/aromatic N) is 2. The van der Waals surface area contributed by atoms with Gasteiger partial charge in [-0.2, -0.15) is 9.78 Å². The number of aromatic nitrogens is 2. The van der Waals surface area contributed by atoms with Gasteiger partial charge in [0.15, 0.2) is 0 Å². The molecule has 1 aromatic carbocycles. The Morgan fingerprint density at radius 2 is 2.00 bits per heavy atom. The van der Waals surface area contributed by atoms with Crippen LogP contribution >= 0.6 is 0 Å². The van der Waals surface area contributed by atoms with Crippen LogP contribution in [0.2, 0.25) is 0 Å². The lowest BCUT2D eigenvalue weighted by Gasteiger charge is -1.97. The number of benzene rings is 1. The molecule has 0 atom stereocenters. The van der Waals surface area contributed by atoms with Crippen molar-refractivity contribution in [2.45, 2.75) is 0 Å². The summed E-state index contributed by atoms with van der Waals surface area (Å²) in [6.45, 7) is 0. The Kier molecular flexibility index (Phi) is 2.49. The molecule has 0 aliphatic rings. The van der Waals surface area contributed by atoms with Gasteiger partial charge >= 0.3 is 6.03 Å². The van der Waals surface area contributed by atoms with Crippen LogP contribution in [-0.2, 0) is 0 Å². The highest BCUT2D eigenvalue weighted by Crippen LogP contribution is 2.15. The highest BCUT2D eigenvalue weighted by atomic mass is 16.2. The van der Waals surface area contributed by atoms with Gasteiger partial charge in [0.1, 0.15) is 0 Å². The number of amides is 1. The second kappa shape index (κ2) is 3.96. The average Bonchev–Trinajstić information content (AvgIpc) is 2.78. The van der Waals surface area contributed by atoms with Crippen molar-refractivity contribution in [3.63, 3.8) is 0 Å². The monoisotopic (exact) mass is 201 g/mol. The third kappa shape index (κ3) is 1.88. The Hall–Kier alpha value is -2.10. The minimum atomic E-state index is -0.239. The van der Waals surface area contributed by atoms with Crippen molar-refractivity contribution in [3.8, 4) is 11.3 Å². The summed E-state index contributed by atoms with van der Waals surface area (Å²) in [7, 11) is 1.58. The lowest BCUT2D eigenvalue weighted by atomic mass is 10.2. The Morgan fingerprint density at radius 3 is 2.67 bits per heavy atom. The molecule has 1 aromatic heterocycles. The highest BCUT2D eigenvalue weighted by Gasteiger charge is 2.05. The van der Waals surface area contributed by atoms with Gasteiger partial charge in [0, 0.05) is 18.8 Å². The van der Waals surface area contributed by atoms with Crippen molar-refractivity contribution in [2.75, 3.05) is 7.05 Å². The van der Waals surface area contributed by atoms with Gasteiger partial charge in [-0.15, -0.1) is 0 Å². The third-order valence-corrected chi connectivity index (χ3v) is 2.08. The average molecular weight is 201 g/mol. The van der Waals surface area contributed by atoms with E-state index in [9.17, 15) is 4.79 Å². The van der Waals surface area contributed by atoms with Gasteiger partial charge in [-0.3, -0.25) is 0 Å². The van der Waals surface area contributed by atoms with Gasteiger partial charge in [-0.1, -0.05) is 30.3 Å². The predicted octanol–water partition coefficient (Wildman–Crippen LogP) is 1.74. The van der Waals surface area contributed by atoms with E-state index in [1.54, 1.807) is 13.2 Å². The van der Waals surface area contributed by atoms with E-state index in [-0.39, 0.29) is 6.03 Å². The fraction of sp³-hybridized carbons (Fsp3) is 0.0909. The van der Waals surface area contributed by atoms with Gasteiger partial charge in [-0.05, 0) is 6.07 Å². The molecule has 1 heterocycles. The maximum atomic E-state index is 11.2. The molecular weight excluding hydrogens is 190 g/mol. The molecule has 4 nitrogen and oxygen atoms in total. The second-order valence-corrected chi connectivity index (χ2v) is 3.07. The third-order valence-electron chi connectivity index (χ3n) is 2.08. The number of carbonyl (C=O) groups is 1. The van der Waals surface area contributed by atoms with Crippen LogP contribution in [0.25, 0.3) is 11.3 Å². The largest absolute Gasteiger partial charge is 0.341 e. The van der Waals surface area contributed by atoms with Gasteiger partial charge < -0.3 is 5.32 Å². The summed E-state index contributed by atoms with van der Waals surface area (Å²) in [5, 5.41) is 6.66. The molecule has 2 rings (SSSR count). The second-order valence-electron chi connectivity index (χ2n) is 3.07. The molecule has 0 radical (unpaired) electrons. The molecule has 1 N–H and O–H groups in total. The zero-order valence-corrected chi connectivity index (χ0v) is 8.34. The standard InChI is InChI=1S/C11H11N3O/c1-12-11(15)14-8-7-10(13-14)9-5-3-2-4-6-9/h2-8H,1H3,(H,12,15). The molecule has 0 fully saturated rings. The van der Waals surface area contributed by atoms with Gasteiger partial charge in [0.05, 0.1) is 5.69 Å². The summed E-state index contributed by atoms with van der Waals surface area (Å²) in [6.07, 6.45) is 1.64. The van der Waals surface area contributed by atoms with Crippen LogP contribution < -0.4 is 5.32 Å². The van der Waals surface area contributed by atoms with Crippen LogP contribution in [0.1, 0.15) is 0 Å². The van der Waals surface area contributed by atoms with E-state index in [2.05, 4.69) is 10.4 Å². The summed E-state index contributed by atoms with van der Waals surface area (Å²) in [6, 6.07) is 11.3. The van der Waals surface area contributed by atoms with Crippen LogP contribution in [0.3, 0.4) is 0 Å². The normalized spacial score (nSPS) is 9.93. The Morgan fingerprint density at radius 1 is 1.27 bits per heavy atom. The molecule has 1 amide bonds. The van der Waals surface area contributed by atoms with Gasteiger partial charge in [0.2, 0.25) is 0 Å². The topological polar surface area (TPSA) is 46.9 Å². The van der Waals surface area contributed by atoms with Crippen molar-refractivity contribution in [3.05, 3.63) is 42.6 Å². The highest BCUT2D eigenvalue weighted by molar-refractivity contribution is 5.76. The van der Waals surface area contributed by atoms with E-state index in [4.69, 9.17) is 0 Å². The molecule has 2 aromatic rings. The van der Waals surface area contributed by atoms with Crippen molar-refractivity contribution in [2.24, 2.45) is 0 Å². The molecule has 0 bridgehead atoms. The Labute approximate surface area is 87.5 Å². The van der Waals surface area contributed by atoms with Crippen molar-refractivity contribution >= 4 is 6.03 Å². The van der Waals surface area contributed by atoms with Crippen LogP contribution in [0.5, 0.6) is 0 Å². The maximum Gasteiger partial charge on any atom is 0.341 e. The van der Waals surface area contributed by atoms with E-state index < -0.39 is 0 Å². The molecule has 0 unspecified atom stereocenters. The maximum absolute atomic E-state index is 11.2. The molecule has 0 aliphatic carbocycles. The molecule has 0 saturated carbocycles. The van der Waals surface area contributed by atoms with Crippen LogP contribution in [0.15, 0.2) is 42.6 Å². The Balaban J connectivity index is 2.32. The van der Waals surface area contributed by atoms with Crippen molar-refractivity contribution < 1.29 is 4.79 Å². The first-order chi connectivity index (χ1) is 7.31. The minimum Gasteiger partial charge on any atom is -0.339 e. The molecular formula is C11H11N3O. The van der Waals surface area contributed by atoms with E-state index in [1.165, 1.54) is 4.68 Å². The van der Waals surface area contributed by atoms with Crippen LogP contribution in [0, 0.1) is 0 Å². The molecule has 76 valence electrons. The summed E-state index contributed by atoms with van der Waals surface area (Å²) in [5.74, 6) is 0. The predicted molar refractivity (Wildman–Crippen MR) is 57.5 cm³/mol. The fourth-order valence-electron chi connectivity index (χ4n) is 1.31. The Bertz CT molecular complexity index is 462. The number of rotatable bonds is 1. The first-order valence-electron chi connectivity index (χ1n) is 4.64. The smallest absolute Gasteiger partial charge is 0.339 e. The first kappa shape index (κ1) is 9.45. The number of hydrogen-bond acceptors (Lipinski definition) is 2. The van der Waals surface area contributed by atoms with Crippen LogP contribution in [0.4, 0.5) is 4.79 Å². The van der Waals surface area contributed by atoms with Crippen molar-refractivity contribution in [1.82, 2.24) is 15.1 Å². The molecule has 15 heavy (non-hydrogen) atoms. The molecule has 0 aliphatic heterocycles. The van der Waals surface area contributed by atoms with E-state index in [0.29, 0.717) is 0 Å².